The molecule has 3 N–H and O–H groups in total. The van der Waals surface area contributed by atoms with Crippen LogP contribution in [-0.2, 0) is 24.4 Å². The molecule has 1 amide bonds. The van der Waals surface area contributed by atoms with Gasteiger partial charge >= 0.3 is 0 Å². The van der Waals surface area contributed by atoms with Crippen LogP contribution in [0.4, 0.5) is 10.6 Å². The summed E-state index contributed by atoms with van der Waals surface area (Å²) in [7, 11) is 0. The number of anilines is 1. The first kappa shape index (κ1) is 23.3. The molecule has 0 atom stereocenters. The Morgan fingerprint density at radius 1 is 1.08 bits per heavy atom. The van der Waals surface area contributed by atoms with Crippen molar-refractivity contribution in [2.75, 3.05) is 12.3 Å². The number of carbonyl (C=O) groups excluding carboxylic acids is 1. The van der Waals surface area contributed by atoms with E-state index in [0.717, 1.165) is 44.5 Å². The van der Waals surface area contributed by atoms with E-state index in [1.54, 1.807) is 6.20 Å². The van der Waals surface area contributed by atoms with Crippen molar-refractivity contribution in [2.24, 2.45) is 0 Å². The van der Waals surface area contributed by atoms with Crippen LogP contribution in [0.5, 0.6) is 0 Å². The number of hydrogen-bond acceptors (Lipinski definition) is 7. The average molecular weight is 482 g/mol. The molecule has 0 spiro atoms. The first-order chi connectivity index (χ1) is 17.5. The van der Waals surface area contributed by atoms with E-state index in [9.17, 15) is 9.90 Å². The molecule has 0 fully saturated rings. The highest BCUT2D eigenvalue weighted by atomic mass is 16.5. The summed E-state index contributed by atoms with van der Waals surface area (Å²) in [6.07, 6.45) is 2.27. The summed E-state index contributed by atoms with van der Waals surface area (Å²) in [5.41, 5.74) is 12.6. The minimum atomic E-state index is -1.30. The number of nitrogens with two attached hydrogens (primary N) is 1. The molecule has 0 aliphatic rings. The summed E-state index contributed by atoms with van der Waals surface area (Å²) < 4.78 is 7.82. The van der Waals surface area contributed by atoms with Crippen LogP contribution in [0.3, 0.4) is 0 Å². The fraction of sp³-hybridized carbons (Fsp3) is 0.185. The lowest BCUT2D eigenvalue weighted by Gasteiger charge is -2.13. The molecule has 0 saturated heterocycles. The van der Waals surface area contributed by atoms with Gasteiger partial charge in [0.25, 0.3) is 0 Å². The molecule has 5 rings (SSSR count). The summed E-state index contributed by atoms with van der Waals surface area (Å²) in [6, 6.07) is 17.7. The van der Waals surface area contributed by atoms with Crippen molar-refractivity contribution in [1.29, 1.82) is 0 Å². The number of rotatable bonds is 8. The van der Waals surface area contributed by atoms with Crippen LogP contribution in [0.2, 0.25) is 0 Å². The number of nitrogens with zero attached hydrogens (tertiary/aromatic N) is 4. The molecule has 0 bridgehead atoms. The van der Waals surface area contributed by atoms with E-state index < -0.39 is 6.09 Å². The Kier molecular flexibility index (Phi) is 6.46. The third-order valence-electron chi connectivity index (χ3n) is 6.01. The third-order valence-corrected chi connectivity index (χ3v) is 6.01. The Hall–Kier alpha value is -4.50. The zero-order chi connectivity index (χ0) is 25.1. The fourth-order valence-electron chi connectivity index (χ4n) is 4.26. The average Bonchev–Trinajstić information content (AvgIpc) is 3.26. The van der Waals surface area contributed by atoms with Gasteiger partial charge in [0.15, 0.2) is 5.82 Å². The SMILES string of the molecule is CCOCc1nc2c(N)nc3cc(-c4cccnc4)ccc3c2n1Cc1ccc(CNC(=O)[O-])cc1. The maximum Gasteiger partial charge on any atom is 0.152 e. The van der Waals surface area contributed by atoms with E-state index in [1.165, 1.54) is 0 Å². The number of carboxylic acid groups (broad SMARTS) is 1. The summed E-state index contributed by atoms with van der Waals surface area (Å²) in [4.78, 5) is 24.4. The zero-order valence-electron chi connectivity index (χ0n) is 19.8. The van der Waals surface area contributed by atoms with Crippen molar-refractivity contribution in [2.45, 2.75) is 26.6 Å². The van der Waals surface area contributed by atoms with Gasteiger partial charge < -0.3 is 30.3 Å². The molecule has 0 unspecified atom stereocenters. The van der Waals surface area contributed by atoms with Crippen molar-refractivity contribution >= 4 is 33.8 Å². The van der Waals surface area contributed by atoms with Gasteiger partial charge in [0.1, 0.15) is 24.0 Å². The normalized spacial score (nSPS) is 11.2. The highest BCUT2D eigenvalue weighted by Gasteiger charge is 2.18. The summed E-state index contributed by atoms with van der Waals surface area (Å²) in [5.74, 6) is 1.12. The van der Waals surface area contributed by atoms with Gasteiger partial charge in [-0.25, -0.2) is 9.97 Å². The fourth-order valence-corrected chi connectivity index (χ4v) is 4.26. The Labute approximate surface area is 207 Å². The number of benzene rings is 2. The van der Waals surface area contributed by atoms with E-state index in [-0.39, 0.29) is 6.54 Å². The number of carbonyl (C=O) groups is 1. The number of ether oxygens (including phenoxy) is 1. The molecule has 9 nitrogen and oxygen atoms in total. The zero-order valence-corrected chi connectivity index (χ0v) is 19.8. The molecule has 0 saturated carbocycles. The first-order valence-electron chi connectivity index (χ1n) is 11.6. The number of fused-ring (bicyclic) bond motifs is 3. The predicted octanol–water partition coefficient (Wildman–Crippen LogP) is 3.25. The number of imidazole rings is 1. The minimum absolute atomic E-state index is 0.193. The van der Waals surface area contributed by atoms with Gasteiger partial charge in [-0.15, -0.1) is 0 Å². The molecule has 0 aliphatic heterocycles. The molecule has 2 aromatic carbocycles. The highest BCUT2D eigenvalue weighted by Crippen LogP contribution is 2.32. The molecule has 3 heterocycles. The maximum atomic E-state index is 10.7. The summed E-state index contributed by atoms with van der Waals surface area (Å²) in [6.45, 7) is 3.58. The number of aromatic nitrogens is 4. The monoisotopic (exact) mass is 481 g/mol. The van der Waals surface area contributed by atoms with Gasteiger partial charge in [-0.3, -0.25) is 4.98 Å². The molecular formula is C27H25N6O3-. The van der Waals surface area contributed by atoms with Crippen LogP contribution in [0.1, 0.15) is 23.9 Å². The molecular weight excluding hydrogens is 456 g/mol. The minimum Gasteiger partial charge on any atom is -0.530 e. The first-order valence-corrected chi connectivity index (χ1v) is 11.6. The van der Waals surface area contributed by atoms with Crippen LogP contribution >= 0.6 is 0 Å². The van der Waals surface area contributed by atoms with E-state index in [4.69, 9.17) is 15.5 Å². The van der Waals surface area contributed by atoms with Crippen molar-refractivity contribution in [3.8, 4) is 11.1 Å². The van der Waals surface area contributed by atoms with Crippen LogP contribution < -0.4 is 16.2 Å². The van der Waals surface area contributed by atoms with Crippen LogP contribution in [0.25, 0.3) is 33.1 Å². The molecule has 5 aromatic rings. The topological polar surface area (TPSA) is 131 Å². The lowest BCUT2D eigenvalue weighted by molar-refractivity contribution is -0.251. The quantitative estimate of drug-likeness (QED) is 0.348. The molecule has 0 radical (unpaired) electrons. The molecule has 9 heteroatoms. The largest absolute Gasteiger partial charge is 0.530 e. The van der Waals surface area contributed by atoms with Crippen LogP contribution in [0, 0.1) is 0 Å². The standard InChI is InChI=1S/C27H26N6O3/c1-2-36-16-23-32-24-25(33(23)15-18-7-5-17(6-8-18)13-30-27(34)35)21-10-9-19(12-22(21)31-26(24)28)20-4-3-11-29-14-20/h3-12,14,30H,2,13,15-16H2,1H3,(H2,28,31)(H,34,35)/p-1. The van der Waals surface area contributed by atoms with Gasteiger partial charge in [0, 0.05) is 43.0 Å². The molecule has 3 aromatic heterocycles. The number of nitrogen functional groups attached to an aromatic ring is 1. The van der Waals surface area contributed by atoms with E-state index in [0.29, 0.717) is 31.1 Å². The van der Waals surface area contributed by atoms with Gasteiger partial charge in [-0.2, -0.15) is 0 Å². The Morgan fingerprint density at radius 2 is 1.89 bits per heavy atom. The van der Waals surface area contributed by atoms with Crippen molar-refractivity contribution < 1.29 is 14.6 Å². The van der Waals surface area contributed by atoms with Gasteiger partial charge in [-0.05, 0) is 35.7 Å². The number of pyridine rings is 2. The third kappa shape index (κ3) is 4.69. The lowest BCUT2D eigenvalue weighted by atomic mass is 10.0. The number of hydrogen-bond donors (Lipinski definition) is 2. The Bertz CT molecular complexity index is 1530. The molecule has 36 heavy (non-hydrogen) atoms. The van der Waals surface area contributed by atoms with E-state index >= 15 is 0 Å². The van der Waals surface area contributed by atoms with E-state index in [2.05, 4.69) is 25.9 Å². The van der Waals surface area contributed by atoms with Crippen LogP contribution in [0.15, 0.2) is 67.0 Å². The maximum absolute atomic E-state index is 10.7. The predicted molar refractivity (Wildman–Crippen MR) is 136 cm³/mol. The Morgan fingerprint density at radius 3 is 2.61 bits per heavy atom. The second-order valence-corrected chi connectivity index (χ2v) is 8.38. The van der Waals surface area contributed by atoms with Gasteiger partial charge in [-0.1, -0.05) is 42.5 Å². The highest BCUT2D eigenvalue weighted by molar-refractivity contribution is 6.07. The van der Waals surface area contributed by atoms with Gasteiger partial charge in [0.2, 0.25) is 0 Å². The van der Waals surface area contributed by atoms with Gasteiger partial charge in [0.05, 0.1) is 11.0 Å². The Balaban J connectivity index is 1.60. The van der Waals surface area contributed by atoms with Crippen LogP contribution in [-0.4, -0.2) is 32.2 Å². The smallest absolute Gasteiger partial charge is 0.152 e. The lowest BCUT2D eigenvalue weighted by Crippen LogP contribution is -2.35. The second kappa shape index (κ2) is 10.0. The van der Waals surface area contributed by atoms with Crippen molar-refractivity contribution in [1.82, 2.24) is 24.8 Å². The van der Waals surface area contributed by atoms with Crippen molar-refractivity contribution in [3.05, 3.63) is 83.9 Å². The summed E-state index contributed by atoms with van der Waals surface area (Å²) >= 11 is 0. The summed E-state index contributed by atoms with van der Waals surface area (Å²) in [5, 5.41) is 13.9. The van der Waals surface area contributed by atoms with Crippen molar-refractivity contribution in [3.63, 3.8) is 0 Å². The second-order valence-electron chi connectivity index (χ2n) is 8.38. The number of nitrogens with one attached hydrogen (secondary N) is 1. The molecule has 0 aliphatic carbocycles. The molecule has 182 valence electrons. The number of amides is 1. The van der Waals surface area contributed by atoms with E-state index in [1.807, 2.05) is 61.7 Å².